The Morgan fingerprint density at radius 3 is 2.77 bits per heavy atom. The van der Waals surface area contributed by atoms with Crippen LogP contribution in [-0.4, -0.2) is 34.6 Å². The van der Waals surface area contributed by atoms with Gasteiger partial charge in [0, 0.05) is 42.5 Å². The monoisotopic (exact) mass is 303 g/mol. The Morgan fingerprint density at radius 2 is 2.05 bits per heavy atom. The number of hydrogen-bond donors (Lipinski definition) is 3. The van der Waals surface area contributed by atoms with Crippen molar-refractivity contribution in [3.8, 4) is 0 Å². The highest BCUT2D eigenvalue weighted by Crippen LogP contribution is 2.20. The summed E-state index contributed by atoms with van der Waals surface area (Å²) in [7, 11) is 0. The Bertz CT molecular complexity index is 664. The molecular formula is C16H21N3O3. The van der Waals surface area contributed by atoms with Crippen LogP contribution in [0.3, 0.4) is 0 Å². The van der Waals surface area contributed by atoms with E-state index < -0.39 is 11.8 Å². The molecule has 1 aromatic carbocycles. The van der Waals surface area contributed by atoms with Crippen LogP contribution in [0.25, 0.3) is 10.9 Å². The van der Waals surface area contributed by atoms with Crippen LogP contribution in [0.4, 0.5) is 5.69 Å². The SMILES string of the molecule is CCCn1ccc2cc(NC(=O)C(=O)NCCCO)ccc21. The van der Waals surface area contributed by atoms with E-state index in [1.165, 1.54) is 0 Å². The fraction of sp³-hybridized carbons (Fsp3) is 0.375. The lowest BCUT2D eigenvalue weighted by atomic mass is 10.2. The topological polar surface area (TPSA) is 83.4 Å². The van der Waals surface area contributed by atoms with E-state index in [1.807, 2.05) is 24.4 Å². The van der Waals surface area contributed by atoms with Crippen LogP contribution in [0.2, 0.25) is 0 Å². The van der Waals surface area contributed by atoms with Gasteiger partial charge in [0.05, 0.1) is 0 Å². The van der Waals surface area contributed by atoms with Gasteiger partial charge in [-0.3, -0.25) is 9.59 Å². The van der Waals surface area contributed by atoms with E-state index in [4.69, 9.17) is 5.11 Å². The Hall–Kier alpha value is -2.34. The predicted octanol–water partition coefficient (Wildman–Crippen LogP) is 1.49. The summed E-state index contributed by atoms with van der Waals surface area (Å²) in [5.41, 5.74) is 1.69. The van der Waals surface area contributed by atoms with Crippen molar-refractivity contribution < 1.29 is 14.7 Å². The molecule has 0 unspecified atom stereocenters. The number of fused-ring (bicyclic) bond motifs is 1. The minimum absolute atomic E-state index is 0.0205. The second-order valence-electron chi connectivity index (χ2n) is 5.07. The molecule has 118 valence electrons. The van der Waals surface area contributed by atoms with Gasteiger partial charge in [-0.1, -0.05) is 6.92 Å². The molecule has 0 aliphatic rings. The summed E-state index contributed by atoms with van der Waals surface area (Å²) < 4.78 is 2.16. The number of amides is 2. The highest BCUT2D eigenvalue weighted by molar-refractivity contribution is 6.39. The van der Waals surface area contributed by atoms with Crippen LogP contribution in [0.15, 0.2) is 30.5 Å². The summed E-state index contributed by atoms with van der Waals surface area (Å²) in [6.07, 6.45) is 3.49. The molecular weight excluding hydrogens is 282 g/mol. The number of nitrogens with zero attached hydrogens (tertiary/aromatic N) is 1. The van der Waals surface area contributed by atoms with E-state index in [-0.39, 0.29) is 13.2 Å². The highest BCUT2D eigenvalue weighted by Gasteiger charge is 2.13. The number of aliphatic hydroxyl groups excluding tert-OH is 1. The van der Waals surface area contributed by atoms with Crippen molar-refractivity contribution >= 4 is 28.4 Å². The lowest BCUT2D eigenvalue weighted by Gasteiger charge is -2.07. The zero-order valence-corrected chi connectivity index (χ0v) is 12.6. The van der Waals surface area contributed by atoms with Crippen LogP contribution >= 0.6 is 0 Å². The Morgan fingerprint density at radius 1 is 1.23 bits per heavy atom. The van der Waals surface area contributed by atoms with Crippen molar-refractivity contribution in [2.45, 2.75) is 26.3 Å². The number of aliphatic hydroxyl groups is 1. The van der Waals surface area contributed by atoms with Gasteiger partial charge >= 0.3 is 11.8 Å². The number of aryl methyl sites for hydroxylation is 1. The first kappa shape index (κ1) is 16.0. The quantitative estimate of drug-likeness (QED) is 0.558. The normalized spacial score (nSPS) is 10.6. The number of benzene rings is 1. The molecule has 0 aliphatic carbocycles. The number of hydrogen-bond acceptors (Lipinski definition) is 3. The third-order valence-corrected chi connectivity index (χ3v) is 3.32. The molecule has 0 saturated heterocycles. The molecule has 2 amide bonds. The van der Waals surface area contributed by atoms with Crippen molar-refractivity contribution in [2.75, 3.05) is 18.5 Å². The van der Waals surface area contributed by atoms with Crippen molar-refractivity contribution in [3.05, 3.63) is 30.5 Å². The molecule has 0 aliphatic heterocycles. The van der Waals surface area contributed by atoms with Gasteiger partial charge in [-0.05, 0) is 37.1 Å². The van der Waals surface area contributed by atoms with Gasteiger partial charge in [-0.2, -0.15) is 0 Å². The summed E-state index contributed by atoms with van der Waals surface area (Å²) >= 11 is 0. The summed E-state index contributed by atoms with van der Waals surface area (Å²) in [6.45, 7) is 3.33. The first-order valence-electron chi connectivity index (χ1n) is 7.44. The van der Waals surface area contributed by atoms with Gasteiger partial charge in [0.2, 0.25) is 0 Å². The van der Waals surface area contributed by atoms with Crippen LogP contribution < -0.4 is 10.6 Å². The number of aromatic nitrogens is 1. The van der Waals surface area contributed by atoms with Crippen LogP contribution in [0.1, 0.15) is 19.8 Å². The maximum absolute atomic E-state index is 11.8. The Kier molecular flexibility index (Phi) is 5.55. The average molecular weight is 303 g/mol. The maximum atomic E-state index is 11.8. The molecule has 1 heterocycles. The summed E-state index contributed by atoms with van der Waals surface area (Å²) in [5.74, 6) is -1.40. The highest BCUT2D eigenvalue weighted by atomic mass is 16.3. The lowest BCUT2D eigenvalue weighted by Crippen LogP contribution is -2.36. The lowest BCUT2D eigenvalue weighted by molar-refractivity contribution is -0.136. The van der Waals surface area contributed by atoms with Gasteiger partial charge < -0.3 is 20.3 Å². The maximum Gasteiger partial charge on any atom is 0.313 e. The van der Waals surface area contributed by atoms with E-state index in [1.54, 1.807) is 6.07 Å². The molecule has 0 bridgehead atoms. The number of rotatable bonds is 6. The van der Waals surface area contributed by atoms with Crippen molar-refractivity contribution in [3.63, 3.8) is 0 Å². The van der Waals surface area contributed by atoms with E-state index in [0.717, 1.165) is 23.9 Å². The molecule has 3 N–H and O–H groups in total. The second kappa shape index (κ2) is 7.61. The fourth-order valence-corrected chi connectivity index (χ4v) is 2.26. The molecule has 6 heteroatoms. The van der Waals surface area contributed by atoms with E-state index >= 15 is 0 Å². The zero-order valence-electron chi connectivity index (χ0n) is 12.6. The van der Waals surface area contributed by atoms with Gasteiger partial charge in [0.1, 0.15) is 0 Å². The standard InChI is InChI=1S/C16H21N3O3/c1-2-8-19-9-6-12-11-13(4-5-14(12)19)18-16(22)15(21)17-7-3-10-20/h4-6,9,11,20H,2-3,7-8,10H2,1H3,(H,17,21)(H,18,22). The molecule has 2 aromatic rings. The number of carbonyl (C=O) groups excluding carboxylic acids is 2. The third kappa shape index (κ3) is 3.85. The van der Waals surface area contributed by atoms with Crippen LogP contribution in [-0.2, 0) is 16.1 Å². The first-order chi connectivity index (χ1) is 10.7. The summed E-state index contributed by atoms with van der Waals surface area (Å²) in [6, 6.07) is 7.56. The molecule has 0 fully saturated rings. The van der Waals surface area contributed by atoms with Crippen LogP contribution in [0.5, 0.6) is 0 Å². The van der Waals surface area contributed by atoms with E-state index in [2.05, 4.69) is 22.1 Å². The molecule has 6 nitrogen and oxygen atoms in total. The Balaban J connectivity index is 2.02. The number of carbonyl (C=O) groups is 2. The molecule has 0 atom stereocenters. The van der Waals surface area contributed by atoms with Crippen LogP contribution in [0, 0.1) is 0 Å². The van der Waals surface area contributed by atoms with Gasteiger partial charge in [-0.15, -0.1) is 0 Å². The number of anilines is 1. The molecule has 0 radical (unpaired) electrons. The van der Waals surface area contributed by atoms with E-state index in [0.29, 0.717) is 12.1 Å². The van der Waals surface area contributed by atoms with Gasteiger partial charge in [0.15, 0.2) is 0 Å². The van der Waals surface area contributed by atoms with Crippen molar-refractivity contribution in [2.24, 2.45) is 0 Å². The molecule has 22 heavy (non-hydrogen) atoms. The third-order valence-electron chi connectivity index (χ3n) is 3.32. The Labute approximate surface area is 129 Å². The zero-order chi connectivity index (χ0) is 15.9. The first-order valence-corrected chi connectivity index (χ1v) is 7.44. The van der Waals surface area contributed by atoms with Crippen molar-refractivity contribution in [1.82, 2.24) is 9.88 Å². The minimum atomic E-state index is -0.703. The second-order valence-corrected chi connectivity index (χ2v) is 5.07. The molecule has 0 spiro atoms. The van der Waals surface area contributed by atoms with E-state index in [9.17, 15) is 9.59 Å². The largest absolute Gasteiger partial charge is 0.396 e. The fourth-order valence-electron chi connectivity index (χ4n) is 2.26. The predicted molar refractivity (Wildman–Crippen MR) is 85.6 cm³/mol. The average Bonchev–Trinajstić information content (AvgIpc) is 2.90. The summed E-state index contributed by atoms with van der Waals surface area (Å²) in [4.78, 5) is 23.3. The number of nitrogens with one attached hydrogen (secondary N) is 2. The smallest absolute Gasteiger partial charge is 0.313 e. The van der Waals surface area contributed by atoms with Gasteiger partial charge in [-0.25, -0.2) is 0 Å². The molecule has 1 aromatic heterocycles. The van der Waals surface area contributed by atoms with Crippen molar-refractivity contribution in [1.29, 1.82) is 0 Å². The molecule has 2 rings (SSSR count). The minimum Gasteiger partial charge on any atom is -0.396 e. The summed E-state index contributed by atoms with van der Waals surface area (Å²) in [5, 5.41) is 14.7. The molecule has 0 saturated carbocycles. The van der Waals surface area contributed by atoms with Gasteiger partial charge in [0.25, 0.3) is 0 Å².